The maximum atomic E-state index is 13.3. The van der Waals surface area contributed by atoms with Gasteiger partial charge in [0.05, 0.1) is 22.1 Å². The Morgan fingerprint density at radius 2 is 1.72 bits per heavy atom. The smallest absolute Gasteiger partial charge is 0.402 e. The van der Waals surface area contributed by atoms with Crippen molar-refractivity contribution >= 4 is 95.5 Å². The summed E-state index contributed by atoms with van der Waals surface area (Å²) in [7, 11) is -5.86. The molecule has 0 spiro atoms. The second-order valence-electron chi connectivity index (χ2n) is 5.80. The van der Waals surface area contributed by atoms with Crippen molar-refractivity contribution in [3.63, 3.8) is 0 Å². The molecule has 0 aliphatic heterocycles. The number of halogens is 5. The molecule has 0 saturated heterocycles. The summed E-state index contributed by atoms with van der Waals surface area (Å²) in [4.78, 5) is 34.8. The lowest BCUT2D eigenvalue weighted by Gasteiger charge is -2.13. The Balaban J connectivity index is 2.35. The number of esters is 2. The quantitative estimate of drug-likeness (QED) is 0.0824. The number of benzene rings is 2. The van der Waals surface area contributed by atoms with Crippen molar-refractivity contribution in [2.75, 3.05) is 6.61 Å². The molecule has 16 heteroatoms. The third-order valence-electron chi connectivity index (χ3n) is 3.51. The average Bonchev–Trinajstić information content (AvgIpc) is 2.67. The van der Waals surface area contributed by atoms with Gasteiger partial charge in [-0.1, -0.05) is 0 Å². The summed E-state index contributed by atoms with van der Waals surface area (Å²) in [5.74, 6) is -2.93. The molecule has 0 atom stereocenters. The fraction of sp³-hybridized carbons (Fsp3) is 0.125. The fourth-order valence-electron chi connectivity index (χ4n) is 2.04. The SMILES string of the molecule is O=C(OCC(F)(F)S(=O)(=O)O)c1cc(OC(=O)c2cc(I)cc(I)c2I)cc([N+](=O)[O-])c1. The number of nitro benzene ring substituents is 1. The van der Waals surface area contributed by atoms with Crippen LogP contribution in [0, 0.1) is 20.8 Å². The van der Waals surface area contributed by atoms with E-state index in [1.807, 2.05) is 67.8 Å². The van der Waals surface area contributed by atoms with Gasteiger partial charge in [0.15, 0.2) is 6.61 Å². The monoisotopic (exact) mass is 809 g/mol. The van der Waals surface area contributed by atoms with Gasteiger partial charge in [0.2, 0.25) is 0 Å². The molecule has 172 valence electrons. The van der Waals surface area contributed by atoms with E-state index in [-0.39, 0.29) is 5.56 Å². The molecule has 0 unspecified atom stereocenters. The van der Waals surface area contributed by atoms with E-state index in [4.69, 9.17) is 9.29 Å². The number of carbonyl (C=O) groups is 2. The standard InChI is InChI=1S/C16H8F2I3NO9S/c17-16(18,32(27,28)29)6-30-14(23)7-1-9(22(25)26)5-10(2-7)31-15(24)11-3-8(19)4-12(20)13(11)21/h1-5H,6H2,(H,27,28,29). The highest BCUT2D eigenvalue weighted by atomic mass is 127. The Morgan fingerprint density at radius 3 is 2.28 bits per heavy atom. The molecule has 0 aliphatic rings. The van der Waals surface area contributed by atoms with Crippen LogP contribution < -0.4 is 4.74 Å². The predicted molar refractivity (Wildman–Crippen MR) is 129 cm³/mol. The van der Waals surface area contributed by atoms with E-state index in [1.54, 1.807) is 6.07 Å². The van der Waals surface area contributed by atoms with E-state index in [0.29, 0.717) is 13.2 Å². The Hall–Kier alpha value is -1.26. The molecule has 0 heterocycles. The third kappa shape index (κ3) is 6.63. The van der Waals surface area contributed by atoms with Crippen LogP contribution in [0.25, 0.3) is 0 Å². The summed E-state index contributed by atoms with van der Waals surface area (Å²) >= 11 is 5.87. The van der Waals surface area contributed by atoms with Crippen LogP contribution >= 0.6 is 67.8 Å². The van der Waals surface area contributed by atoms with Crippen molar-refractivity contribution in [1.29, 1.82) is 0 Å². The summed E-state index contributed by atoms with van der Waals surface area (Å²) in [6.07, 6.45) is 0. The summed E-state index contributed by atoms with van der Waals surface area (Å²) < 4.78 is 67.4. The van der Waals surface area contributed by atoms with Crippen LogP contribution in [0.2, 0.25) is 0 Å². The largest absolute Gasteiger partial charge is 0.454 e. The molecular weight excluding hydrogens is 801 g/mol. The van der Waals surface area contributed by atoms with Crippen LogP contribution in [-0.4, -0.2) is 41.7 Å². The lowest BCUT2D eigenvalue weighted by Crippen LogP contribution is -2.34. The summed E-state index contributed by atoms with van der Waals surface area (Å²) in [5, 5.41) is 6.36. The Morgan fingerprint density at radius 1 is 1.09 bits per heavy atom. The molecule has 0 aliphatic carbocycles. The van der Waals surface area contributed by atoms with Crippen LogP contribution in [-0.2, 0) is 14.9 Å². The molecule has 2 rings (SSSR count). The number of hydrogen-bond acceptors (Lipinski definition) is 8. The highest BCUT2D eigenvalue weighted by molar-refractivity contribution is 14.1. The van der Waals surface area contributed by atoms with Gasteiger partial charge >= 0.3 is 27.3 Å². The molecular formula is C16H8F2I3NO9S. The van der Waals surface area contributed by atoms with Crippen LogP contribution in [0.5, 0.6) is 5.75 Å². The van der Waals surface area contributed by atoms with Gasteiger partial charge in [0, 0.05) is 16.8 Å². The molecule has 0 saturated carbocycles. The van der Waals surface area contributed by atoms with Gasteiger partial charge in [0.1, 0.15) is 5.75 Å². The number of ether oxygens (including phenoxy) is 2. The van der Waals surface area contributed by atoms with E-state index >= 15 is 0 Å². The van der Waals surface area contributed by atoms with Crippen LogP contribution in [0.15, 0.2) is 30.3 Å². The molecule has 2 aromatic rings. The van der Waals surface area contributed by atoms with Crippen LogP contribution in [0.4, 0.5) is 14.5 Å². The molecule has 32 heavy (non-hydrogen) atoms. The minimum absolute atomic E-state index is 0.144. The Kier molecular flexibility index (Phi) is 8.72. The molecule has 1 N–H and O–H groups in total. The summed E-state index contributed by atoms with van der Waals surface area (Å²) in [6, 6.07) is 5.61. The number of nitrogens with zero attached hydrogens (tertiary/aromatic N) is 1. The molecule has 2 aromatic carbocycles. The third-order valence-corrected chi connectivity index (χ3v) is 8.05. The minimum atomic E-state index is -5.86. The van der Waals surface area contributed by atoms with Crippen LogP contribution in [0.1, 0.15) is 20.7 Å². The van der Waals surface area contributed by atoms with Crippen molar-refractivity contribution in [2.24, 2.45) is 0 Å². The van der Waals surface area contributed by atoms with Gasteiger partial charge in [-0.25, -0.2) is 9.59 Å². The first kappa shape index (κ1) is 27.0. The maximum Gasteiger partial charge on any atom is 0.402 e. The lowest BCUT2D eigenvalue weighted by atomic mass is 10.2. The van der Waals surface area contributed by atoms with Crippen molar-refractivity contribution in [3.05, 3.63) is 62.3 Å². The lowest BCUT2D eigenvalue weighted by molar-refractivity contribution is -0.384. The first-order chi connectivity index (χ1) is 14.6. The predicted octanol–water partition coefficient (Wildman–Crippen LogP) is 4.27. The number of alkyl halides is 2. The van der Waals surface area contributed by atoms with Gasteiger partial charge < -0.3 is 9.47 Å². The van der Waals surface area contributed by atoms with E-state index in [1.165, 1.54) is 6.07 Å². The molecule has 0 amide bonds. The van der Waals surface area contributed by atoms with Crippen LogP contribution in [0.3, 0.4) is 0 Å². The normalized spacial score (nSPS) is 11.7. The van der Waals surface area contributed by atoms with Crippen molar-refractivity contribution in [1.82, 2.24) is 0 Å². The van der Waals surface area contributed by atoms with Crippen molar-refractivity contribution in [2.45, 2.75) is 5.25 Å². The first-order valence-electron chi connectivity index (χ1n) is 7.80. The van der Waals surface area contributed by atoms with Gasteiger partial charge in [-0.3, -0.25) is 14.7 Å². The van der Waals surface area contributed by atoms with Gasteiger partial charge in [0.25, 0.3) is 5.69 Å². The number of rotatable bonds is 7. The zero-order valence-corrected chi connectivity index (χ0v) is 22.3. The molecule has 0 aromatic heterocycles. The van der Waals surface area contributed by atoms with Crippen molar-refractivity contribution in [3.8, 4) is 5.75 Å². The van der Waals surface area contributed by atoms with E-state index < -0.39 is 55.8 Å². The van der Waals surface area contributed by atoms with Crippen molar-refractivity contribution < 1.29 is 45.7 Å². The zero-order valence-electron chi connectivity index (χ0n) is 15.1. The molecule has 0 bridgehead atoms. The Labute approximate surface area is 219 Å². The number of non-ortho nitro benzene ring substituents is 1. The first-order valence-corrected chi connectivity index (χ1v) is 12.5. The second-order valence-corrected chi connectivity index (χ2v) is 10.8. The maximum absolute atomic E-state index is 13.3. The average molecular weight is 809 g/mol. The van der Waals surface area contributed by atoms with Gasteiger partial charge in [-0.2, -0.15) is 17.2 Å². The number of nitro groups is 1. The molecule has 0 fully saturated rings. The summed E-state index contributed by atoms with van der Waals surface area (Å²) in [5.41, 5.74) is -1.25. The Bertz CT molecular complexity index is 1220. The topological polar surface area (TPSA) is 150 Å². The zero-order chi connectivity index (χ0) is 24.4. The highest BCUT2D eigenvalue weighted by Crippen LogP contribution is 2.28. The van der Waals surface area contributed by atoms with E-state index in [9.17, 15) is 36.9 Å². The number of hydrogen-bond donors (Lipinski definition) is 1. The minimum Gasteiger partial charge on any atom is -0.454 e. The highest BCUT2D eigenvalue weighted by Gasteiger charge is 2.45. The summed E-state index contributed by atoms with van der Waals surface area (Å²) in [6.45, 7) is -2.04. The van der Waals surface area contributed by atoms with Gasteiger partial charge in [-0.15, -0.1) is 0 Å². The van der Waals surface area contributed by atoms with Gasteiger partial charge in [-0.05, 0) is 86.0 Å². The molecule has 0 radical (unpaired) electrons. The number of carbonyl (C=O) groups excluding carboxylic acids is 2. The van der Waals surface area contributed by atoms with E-state index in [0.717, 1.165) is 15.7 Å². The molecule has 10 nitrogen and oxygen atoms in total. The fourth-order valence-corrected chi connectivity index (χ4v) is 4.62. The van der Waals surface area contributed by atoms with E-state index in [2.05, 4.69) is 4.74 Å². The second kappa shape index (κ2) is 10.3.